The van der Waals surface area contributed by atoms with Gasteiger partial charge < -0.3 is 15.2 Å². The Morgan fingerprint density at radius 3 is 2.28 bits per heavy atom. The molecule has 0 bridgehead atoms. The number of halogens is 2. The highest BCUT2D eigenvalue weighted by atomic mass is 35.5. The number of carboxylic acids is 1. The Hall–Kier alpha value is -3.64. The first-order valence-electron chi connectivity index (χ1n) is 8.47. The summed E-state index contributed by atoms with van der Waals surface area (Å²) in [5.41, 5.74) is 0.553. The van der Waals surface area contributed by atoms with Crippen molar-refractivity contribution < 1.29 is 23.8 Å². The maximum absolute atomic E-state index is 13.8. The van der Waals surface area contributed by atoms with Crippen LogP contribution in [0, 0.1) is 5.82 Å². The Morgan fingerprint density at radius 1 is 0.966 bits per heavy atom. The van der Waals surface area contributed by atoms with Crippen molar-refractivity contribution in [2.45, 2.75) is 0 Å². The van der Waals surface area contributed by atoms with E-state index in [1.165, 1.54) is 36.4 Å². The van der Waals surface area contributed by atoms with E-state index in [0.29, 0.717) is 16.9 Å². The van der Waals surface area contributed by atoms with Crippen LogP contribution in [-0.2, 0) is 4.79 Å². The number of ether oxygens (including phenoxy) is 1. The summed E-state index contributed by atoms with van der Waals surface area (Å²) in [4.78, 5) is 23.7. The Bertz CT molecular complexity index is 1050. The van der Waals surface area contributed by atoms with Crippen LogP contribution >= 0.6 is 11.6 Å². The molecule has 3 rings (SSSR count). The first kappa shape index (κ1) is 20.1. The standard InChI is InChI=1S/C22H15ClFNO4/c23-17-7-4-8-18(24)20(17)29-16-11-9-14(10-12-16)13-19(22(27)28)25-21(26)15-5-2-1-3-6-15/h1-13H,(H,25,26)(H,27,28)/b19-13+. The SMILES string of the molecule is O=C(O)/C(=C\c1ccc(Oc2c(F)cccc2Cl)cc1)NC(=O)c1ccccc1. The normalized spacial score (nSPS) is 11.0. The summed E-state index contributed by atoms with van der Waals surface area (Å²) in [6.07, 6.45) is 1.31. The molecular weight excluding hydrogens is 397 g/mol. The number of carbonyl (C=O) groups excluding carboxylic acids is 1. The van der Waals surface area contributed by atoms with Crippen LogP contribution in [0.25, 0.3) is 6.08 Å². The number of hydrogen-bond acceptors (Lipinski definition) is 3. The van der Waals surface area contributed by atoms with Gasteiger partial charge in [0.15, 0.2) is 11.6 Å². The number of para-hydroxylation sites is 1. The molecule has 0 aliphatic heterocycles. The maximum Gasteiger partial charge on any atom is 0.352 e. The smallest absolute Gasteiger partial charge is 0.352 e. The molecule has 7 heteroatoms. The summed E-state index contributed by atoms with van der Waals surface area (Å²) in [5.74, 6) is -2.20. The number of carboxylic acid groups (broad SMARTS) is 1. The fraction of sp³-hybridized carbons (Fsp3) is 0. The zero-order valence-corrected chi connectivity index (χ0v) is 15.7. The van der Waals surface area contributed by atoms with Crippen LogP contribution in [0.2, 0.25) is 5.02 Å². The van der Waals surface area contributed by atoms with Crippen molar-refractivity contribution in [2.24, 2.45) is 0 Å². The van der Waals surface area contributed by atoms with E-state index in [4.69, 9.17) is 16.3 Å². The van der Waals surface area contributed by atoms with Gasteiger partial charge in [-0.25, -0.2) is 9.18 Å². The quantitative estimate of drug-likeness (QED) is 0.551. The van der Waals surface area contributed by atoms with Gasteiger partial charge in [-0.1, -0.05) is 48.0 Å². The second-order valence-electron chi connectivity index (χ2n) is 5.91. The molecular formula is C22H15ClFNO4. The molecule has 146 valence electrons. The molecule has 0 saturated heterocycles. The minimum atomic E-state index is -1.28. The number of rotatable bonds is 6. The van der Waals surface area contributed by atoms with Crippen LogP contribution in [-0.4, -0.2) is 17.0 Å². The van der Waals surface area contributed by atoms with Gasteiger partial charge in [0.1, 0.15) is 11.4 Å². The number of hydrogen-bond donors (Lipinski definition) is 2. The lowest BCUT2D eigenvalue weighted by atomic mass is 10.1. The zero-order chi connectivity index (χ0) is 20.8. The van der Waals surface area contributed by atoms with Gasteiger partial charge in [0.05, 0.1) is 5.02 Å². The Kier molecular flexibility index (Phi) is 6.26. The predicted octanol–water partition coefficient (Wildman–Crippen LogP) is 5.13. The number of nitrogens with one attached hydrogen (secondary N) is 1. The van der Waals surface area contributed by atoms with Gasteiger partial charge in [0.2, 0.25) is 0 Å². The van der Waals surface area contributed by atoms with Crippen molar-refractivity contribution in [3.8, 4) is 11.5 Å². The van der Waals surface area contributed by atoms with Crippen molar-refractivity contribution in [3.05, 3.63) is 100 Å². The van der Waals surface area contributed by atoms with Crippen molar-refractivity contribution in [1.29, 1.82) is 0 Å². The van der Waals surface area contributed by atoms with E-state index >= 15 is 0 Å². The van der Waals surface area contributed by atoms with E-state index in [9.17, 15) is 19.1 Å². The Balaban J connectivity index is 1.77. The molecule has 0 fully saturated rings. The highest BCUT2D eigenvalue weighted by Gasteiger charge is 2.13. The van der Waals surface area contributed by atoms with E-state index in [1.54, 1.807) is 42.5 Å². The fourth-order valence-corrected chi connectivity index (χ4v) is 2.63. The van der Waals surface area contributed by atoms with E-state index in [0.717, 1.165) is 0 Å². The zero-order valence-electron chi connectivity index (χ0n) is 14.9. The third kappa shape index (κ3) is 5.21. The van der Waals surface area contributed by atoms with Gasteiger partial charge in [-0.3, -0.25) is 4.79 Å². The predicted molar refractivity (Wildman–Crippen MR) is 107 cm³/mol. The van der Waals surface area contributed by atoms with Gasteiger partial charge in [-0.05, 0) is 48.0 Å². The van der Waals surface area contributed by atoms with Crippen molar-refractivity contribution in [3.63, 3.8) is 0 Å². The highest BCUT2D eigenvalue weighted by molar-refractivity contribution is 6.32. The molecule has 0 aliphatic rings. The molecule has 0 aliphatic carbocycles. The van der Waals surface area contributed by atoms with E-state index in [2.05, 4.69) is 5.32 Å². The molecule has 0 radical (unpaired) electrons. The van der Waals surface area contributed by atoms with Crippen molar-refractivity contribution >= 4 is 29.6 Å². The first-order chi connectivity index (χ1) is 13.9. The molecule has 5 nitrogen and oxygen atoms in total. The second kappa shape index (κ2) is 9.03. The van der Waals surface area contributed by atoms with Gasteiger partial charge >= 0.3 is 5.97 Å². The van der Waals surface area contributed by atoms with Gasteiger partial charge in [-0.15, -0.1) is 0 Å². The molecule has 29 heavy (non-hydrogen) atoms. The molecule has 3 aromatic rings. The molecule has 2 N–H and O–H groups in total. The largest absolute Gasteiger partial charge is 0.477 e. The molecule has 0 spiro atoms. The minimum Gasteiger partial charge on any atom is -0.477 e. The average Bonchev–Trinajstić information content (AvgIpc) is 2.72. The molecule has 0 atom stereocenters. The topological polar surface area (TPSA) is 75.6 Å². The van der Waals surface area contributed by atoms with Crippen molar-refractivity contribution in [2.75, 3.05) is 0 Å². The van der Waals surface area contributed by atoms with Crippen LogP contribution in [0.15, 0.2) is 78.5 Å². The number of amides is 1. The van der Waals surface area contributed by atoms with E-state index in [-0.39, 0.29) is 16.5 Å². The summed E-state index contributed by atoms with van der Waals surface area (Å²) < 4.78 is 19.3. The third-order valence-corrected chi connectivity index (χ3v) is 4.14. The molecule has 1 amide bonds. The maximum atomic E-state index is 13.8. The lowest BCUT2D eigenvalue weighted by Gasteiger charge is -2.09. The highest BCUT2D eigenvalue weighted by Crippen LogP contribution is 2.32. The summed E-state index contributed by atoms with van der Waals surface area (Å²) in [5, 5.41) is 11.9. The summed E-state index contributed by atoms with van der Waals surface area (Å²) in [6, 6.07) is 18.7. The molecule has 0 unspecified atom stereocenters. The van der Waals surface area contributed by atoms with Gasteiger partial charge in [0, 0.05) is 5.56 Å². The van der Waals surface area contributed by atoms with Gasteiger partial charge in [-0.2, -0.15) is 0 Å². The Morgan fingerprint density at radius 2 is 1.66 bits per heavy atom. The van der Waals surface area contributed by atoms with E-state index < -0.39 is 17.7 Å². The van der Waals surface area contributed by atoms with Crippen molar-refractivity contribution in [1.82, 2.24) is 5.32 Å². The van der Waals surface area contributed by atoms with Crippen LogP contribution in [0.5, 0.6) is 11.5 Å². The number of carbonyl (C=O) groups is 2. The van der Waals surface area contributed by atoms with Crippen LogP contribution in [0.3, 0.4) is 0 Å². The first-order valence-corrected chi connectivity index (χ1v) is 8.85. The molecule has 0 aromatic heterocycles. The fourth-order valence-electron chi connectivity index (χ4n) is 2.43. The second-order valence-corrected chi connectivity index (χ2v) is 6.31. The van der Waals surface area contributed by atoms with E-state index in [1.807, 2.05) is 0 Å². The minimum absolute atomic E-state index is 0.0983. The van der Waals surface area contributed by atoms with Crippen LogP contribution in [0.1, 0.15) is 15.9 Å². The molecule has 0 saturated carbocycles. The van der Waals surface area contributed by atoms with Crippen LogP contribution in [0.4, 0.5) is 4.39 Å². The summed E-state index contributed by atoms with van der Waals surface area (Å²) in [6.45, 7) is 0. The Labute approximate surface area is 171 Å². The third-order valence-electron chi connectivity index (χ3n) is 3.84. The number of aliphatic carboxylic acids is 1. The van der Waals surface area contributed by atoms with Crippen LogP contribution < -0.4 is 10.1 Å². The average molecular weight is 412 g/mol. The lowest BCUT2D eigenvalue weighted by molar-refractivity contribution is -0.132. The monoisotopic (exact) mass is 411 g/mol. The summed E-state index contributed by atoms with van der Waals surface area (Å²) >= 11 is 5.93. The lowest BCUT2D eigenvalue weighted by Crippen LogP contribution is -2.27. The summed E-state index contributed by atoms with van der Waals surface area (Å²) in [7, 11) is 0. The molecule has 0 heterocycles. The van der Waals surface area contributed by atoms with Gasteiger partial charge in [0.25, 0.3) is 5.91 Å². The molecule has 3 aromatic carbocycles. The number of benzene rings is 3.